The number of amides is 1. The summed E-state index contributed by atoms with van der Waals surface area (Å²) in [5, 5.41) is 3.95. The molecule has 28 heavy (non-hydrogen) atoms. The number of aromatic nitrogens is 1. The van der Waals surface area contributed by atoms with Gasteiger partial charge in [0.05, 0.1) is 18.4 Å². The highest BCUT2D eigenvalue weighted by molar-refractivity contribution is 9.10. The Kier molecular flexibility index (Phi) is 5.59. The van der Waals surface area contributed by atoms with Gasteiger partial charge in [-0.2, -0.15) is 0 Å². The number of pyridine rings is 1. The van der Waals surface area contributed by atoms with Gasteiger partial charge >= 0.3 is 0 Å². The van der Waals surface area contributed by atoms with E-state index in [4.69, 9.17) is 4.74 Å². The average molecular weight is 440 g/mol. The second-order valence-corrected chi connectivity index (χ2v) is 7.83. The first kappa shape index (κ1) is 18.9. The molecular formula is C22H22BrN3O2. The van der Waals surface area contributed by atoms with Crippen molar-refractivity contribution in [2.45, 2.75) is 19.4 Å². The Balaban J connectivity index is 1.62. The van der Waals surface area contributed by atoms with E-state index in [1.54, 1.807) is 13.2 Å². The van der Waals surface area contributed by atoms with Crippen LogP contribution < -0.4 is 10.1 Å². The van der Waals surface area contributed by atoms with E-state index in [1.807, 2.05) is 36.5 Å². The van der Waals surface area contributed by atoms with Crippen molar-refractivity contribution in [1.82, 2.24) is 9.88 Å². The molecule has 1 aliphatic heterocycles. The molecular weight excluding hydrogens is 418 g/mol. The molecule has 1 amide bonds. The monoisotopic (exact) mass is 439 g/mol. The maximum atomic E-state index is 12.7. The van der Waals surface area contributed by atoms with Gasteiger partial charge in [0, 0.05) is 22.6 Å². The number of anilines is 1. The summed E-state index contributed by atoms with van der Waals surface area (Å²) in [4.78, 5) is 19.8. The first-order chi connectivity index (χ1) is 13.7. The number of benzene rings is 2. The van der Waals surface area contributed by atoms with Gasteiger partial charge in [-0.1, -0.05) is 18.2 Å². The molecule has 1 saturated heterocycles. The first-order valence-electron chi connectivity index (χ1n) is 9.39. The highest BCUT2D eigenvalue weighted by Gasteiger charge is 2.16. The molecule has 0 radical (unpaired) electrons. The van der Waals surface area contributed by atoms with Gasteiger partial charge in [-0.15, -0.1) is 0 Å². The number of carbonyl (C=O) groups excluding carboxylic acids is 1. The Morgan fingerprint density at radius 3 is 2.75 bits per heavy atom. The first-order valence-corrected chi connectivity index (χ1v) is 10.2. The van der Waals surface area contributed by atoms with Gasteiger partial charge in [-0.3, -0.25) is 14.7 Å². The maximum Gasteiger partial charge on any atom is 0.256 e. The number of fused-ring (bicyclic) bond motifs is 1. The minimum Gasteiger partial charge on any atom is -0.492 e. The molecule has 0 atom stereocenters. The van der Waals surface area contributed by atoms with Crippen LogP contribution in [0.2, 0.25) is 0 Å². The molecule has 1 fully saturated rings. The minimum atomic E-state index is -0.198. The van der Waals surface area contributed by atoms with E-state index in [9.17, 15) is 4.79 Å². The molecule has 0 bridgehead atoms. The molecule has 5 nitrogen and oxygen atoms in total. The van der Waals surface area contributed by atoms with Crippen molar-refractivity contribution in [3.8, 4) is 5.75 Å². The molecule has 4 rings (SSSR count). The summed E-state index contributed by atoms with van der Waals surface area (Å²) in [7, 11) is 1.60. The highest BCUT2D eigenvalue weighted by Crippen LogP contribution is 2.33. The van der Waals surface area contributed by atoms with Crippen LogP contribution >= 0.6 is 15.9 Å². The van der Waals surface area contributed by atoms with Crippen LogP contribution in [0.1, 0.15) is 28.8 Å². The fourth-order valence-electron chi connectivity index (χ4n) is 3.65. The fourth-order valence-corrected chi connectivity index (χ4v) is 4.11. The summed E-state index contributed by atoms with van der Waals surface area (Å²) in [6.45, 7) is 3.23. The second-order valence-electron chi connectivity index (χ2n) is 6.98. The number of methoxy groups -OCH3 is 1. The minimum absolute atomic E-state index is 0.198. The van der Waals surface area contributed by atoms with Crippen molar-refractivity contribution >= 4 is 38.4 Å². The van der Waals surface area contributed by atoms with Crippen LogP contribution in [0.5, 0.6) is 5.75 Å². The van der Waals surface area contributed by atoms with E-state index in [0.29, 0.717) is 17.0 Å². The third-order valence-electron chi connectivity index (χ3n) is 5.04. The lowest BCUT2D eigenvalue weighted by atomic mass is 10.1. The van der Waals surface area contributed by atoms with E-state index >= 15 is 0 Å². The maximum absolute atomic E-state index is 12.7. The van der Waals surface area contributed by atoms with E-state index in [1.165, 1.54) is 18.4 Å². The van der Waals surface area contributed by atoms with Crippen molar-refractivity contribution < 1.29 is 9.53 Å². The van der Waals surface area contributed by atoms with Crippen molar-refractivity contribution in [3.05, 3.63) is 64.3 Å². The molecule has 1 aliphatic rings. The Morgan fingerprint density at radius 2 is 2.00 bits per heavy atom. The van der Waals surface area contributed by atoms with Crippen LogP contribution in [0.15, 0.2) is 53.1 Å². The zero-order valence-electron chi connectivity index (χ0n) is 15.7. The molecule has 2 aromatic carbocycles. The topological polar surface area (TPSA) is 54.5 Å². The number of halogens is 1. The van der Waals surface area contributed by atoms with Gasteiger partial charge in [-0.05, 0) is 71.7 Å². The van der Waals surface area contributed by atoms with Crippen molar-refractivity contribution in [2.24, 2.45) is 0 Å². The third-order valence-corrected chi connectivity index (χ3v) is 5.73. The number of nitrogens with one attached hydrogen (secondary N) is 1. The van der Waals surface area contributed by atoms with Crippen LogP contribution in [0.3, 0.4) is 0 Å². The lowest BCUT2D eigenvalue weighted by Gasteiger charge is -2.16. The Labute approximate surface area is 172 Å². The van der Waals surface area contributed by atoms with Crippen LogP contribution in [-0.2, 0) is 6.54 Å². The van der Waals surface area contributed by atoms with Gasteiger partial charge in [0.1, 0.15) is 5.52 Å². The smallest absolute Gasteiger partial charge is 0.256 e. The van der Waals surface area contributed by atoms with Crippen LogP contribution in [-0.4, -0.2) is 36.0 Å². The molecule has 0 saturated carbocycles. The number of ether oxygens (including phenoxy) is 1. The van der Waals surface area contributed by atoms with Gasteiger partial charge in [0.15, 0.2) is 5.75 Å². The normalized spacial score (nSPS) is 14.4. The zero-order chi connectivity index (χ0) is 19.5. The number of carbonyl (C=O) groups is 1. The average Bonchev–Trinajstić information content (AvgIpc) is 3.21. The summed E-state index contributed by atoms with van der Waals surface area (Å²) in [6, 6.07) is 13.3. The lowest BCUT2D eigenvalue weighted by molar-refractivity contribution is 0.102. The lowest BCUT2D eigenvalue weighted by Crippen LogP contribution is -2.18. The number of hydrogen-bond acceptors (Lipinski definition) is 4. The third kappa shape index (κ3) is 3.88. The number of rotatable bonds is 5. The molecule has 0 aliphatic carbocycles. The Hall–Kier alpha value is -2.44. The molecule has 0 unspecified atom stereocenters. The largest absolute Gasteiger partial charge is 0.492 e. The SMILES string of the molecule is COc1c(NC(=O)c2ccccc2Br)ccc2cc(CN3CCCC3)cnc12. The predicted octanol–water partition coefficient (Wildman–Crippen LogP) is 4.85. The van der Waals surface area contributed by atoms with Gasteiger partial charge in [0.25, 0.3) is 5.91 Å². The quantitative estimate of drug-likeness (QED) is 0.616. The van der Waals surface area contributed by atoms with Crippen LogP contribution in [0.25, 0.3) is 10.9 Å². The van der Waals surface area contributed by atoms with E-state index in [-0.39, 0.29) is 5.91 Å². The van der Waals surface area contributed by atoms with Gasteiger partial charge in [-0.25, -0.2) is 0 Å². The summed E-state index contributed by atoms with van der Waals surface area (Å²) in [6.07, 6.45) is 4.45. The number of hydrogen-bond donors (Lipinski definition) is 1. The molecule has 3 aromatic rings. The number of likely N-dealkylation sites (tertiary alicyclic amines) is 1. The summed E-state index contributed by atoms with van der Waals surface area (Å²) in [5.74, 6) is 0.376. The number of nitrogens with zero attached hydrogens (tertiary/aromatic N) is 2. The van der Waals surface area contributed by atoms with Crippen molar-refractivity contribution in [2.75, 3.05) is 25.5 Å². The standard InChI is InChI=1S/C22H22BrN3O2/c1-28-21-19(25-22(27)17-6-2-3-7-18(17)23)9-8-16-12-15(13-24-20(16)21)14-26-10-4-5-11-26/h2-3,6-9,12-13H,4-5,10-11,14H2,1H3,(H,25,27). The molecule has 1 aromatic heterocycles. The summed E-state index contributed by atoms with van der Waals surface area (Å²) in [5.41, 5.74) is 3.12. The Morgan fingerprint density at radius 1 is 1.21 bits per heavy atom. The predicted molar refractivity (Wildman–Crippen MR) is 115 cm³/mol. The summed E-state index contributed by atoms with van der Waals surface area (Å²) < 4.78 is 6.35. The highest BCUT2D eigenvalue weighted by atomic mass is 79.9. The zero-order valence-corrected chi connectivity index (χ0v) is 17.3. The van der Waals surface area contributed by atoms with Crippen LogP contribution in [0, 0.1) is 0 Å². The van der Waals surface area contributed by atoms with Gasteiger partial charge < -0.3 is 10.1 Å². The second kappa shape index (κ2) is 8.29. The molecule has 2 heterocycles. The van der Waals surface area contributed by atoms with E-state index < -0.39 is 0 Å². The molecule has 144 valence electrons. The molecule has 1 N–H and O–H groups in total. The van der Waals surface area contributed by atoms with Gasteiger partial charge in [0.2, 0.25) is 0 Å². The van der Waals surface area contributed by atoms with Crippen molar-refractivity contribution in [1.29, 1.82) is 0 Å². The van der Waals surface area contributed by atoms with Crippen LogP contribution in [0.4, 0.5) is 5.69 Å². The van der Waals surface area contributed by atoms with E-state index in [0.717, 1.165) is 35.0 Å². The van der Waals surface area contributed by atoms with Crippen molar-refractivity contribution in [3.63, 3.8) is 0 Å². The Bertz CT molecular complexity index is 1020. The fraction of sp³-hybridized carbons (Fsp3) is 0.273. The van der Waals surface area contributed by atoms with E-state index in [2.05, 4.69) is 37.2 Å². The summed E-state index contributed by atoms with van der Waals surface area (Å²) >= 11 is 3.42. The molecule has 0 spiro atoms. The molecule has 6 heteroatoms.